The molecule has 7 nitrogen and oxygen atoms in total. The first-order valence-electron chi connectivity index (χ1n) is 6.61. The first kappa shape index (κ1) is 15.0. The van der Waals surface area contributed by atoms with E-state index in [4.69, 9.17) is 0 Å². The van der Waals surface area contributed by atoms with Crippen LogP contribution in [0.1, 0.15) is 12.0 Å². The zero-order valence-corrected chi connectivity index (χ0v) is 11.7. The predicted octanol–water partition coefficient (Wildman–Crippen LogP) is 1.16. The van der Waals surface area contributed by atoms with Gasteiger partial charge in [0.15, 0.2) is 0 Å². The number of nitro benzene ring substituents is 1. The van der Waals surface area contributed by atoms with Crippen molar-refractivity contribution in [1.29, 1.82) is 0 Å². The number of methoxy groups -OCH3 is 1. The molecule has 1 aliphatic rings. The Labute approximate surface area is 121 Å². The minimum atomic E-state index is -0.496. The fraction of sp³-hybridized carbons (Fsp3) is 0.429. The molecule has 21 heavy (non-hydrogen) atoms. The molecule has 0 aliphatic carbocycles. The third kappa shape index (κ3) is 3.36. The van der Waals surface area contributed by atoms with Gasteiger partial charge in [0.05, 0.1) is 24.4 Å². The molecule has 1 amide bonds. The summed E-state index contributed by atoms with van der Waals surface area (Å²) in [7, 11) is 1.32. The minimum Gasteiger partial charge on any atom is -0.469 e. The van der Waals surface area contributed by atoms with Crippen molar-refractivity contribution in [3.05, 3.63) is 39.9 Å². The van der Waals surface area contributed by atoms with Crippen LogP contribution in [-0.2, 0) is 20.7 Å². The molecule has 1 aliphatic heterocycles. The fourth-order valence-electron chi connectivity index (χ4n) is 2.46. The highest BCUT2D eigenvalue weighted by atomic mass is 16.6. The van der Waals surface area contributed by atoms with Gasteiger partial charge in [0.1, 0.15) is 0 Å². The topological polar surface area (TPSA) is 89.8 Å². The van der Waals surface area contributed by atoms with E-state index in [1.807, 2.05) is 0 Å². The molecule has 0 aromatic heterocycles. The van der Waals surface area contributed by atoms with E-state index in [2.05, 4.69) is 4.74 Å². The molecule has 0 bridgehead atoms. The van der Waals surface area contributed by atoms with E-state index in [1.165, 1.54) is 13.2 Å². The molecule has 0 N–H and O–H groups in total. The van der Waals surface area contributed by atoms with Crippen molar-refractivity contribution < 1.29 is 19.2 Å². The molecule has 1 unspecified atom stereocenters. The quantitative estimate of drug-likeness (QED) is 0.472. The number of ether oxygens (including phenoxy) is 1. The van der Waals surface area contributed by atoms with Gasteiger partial charge in [-0.25, -0.2) is 0 Å². The Morgan fingerprint density at radius 1 is 1.43 bits per heavy atom. The van der Waals surface area contributed by atoms with E-state index in [0.717, 1.165) is 0 Å². The number of nitrogens with zero attached hydrogens (tertiary/aromatic N) is 2. The molecule has 1 atom stereocenters. The molecule has 0 radical (unpaired) electrons. The second kappa shape index (κ2) is 6.34. The van der Waals surface area contributed by atoms with Crippen LogP contribution in [0.4, 0.5) is 5.69 Å². The number of likely N-dealkylation sites (tertiary alicyclic amines) is 1. The summed E-state index contributed by atoms with van der Waals surface area (Å²) in [6, 6.07) is 6.18. The lowest BCUT2D eigenvalue weighted by molar-refractivity contribution is -0.385. The molecule has 0 saturated carbocycles. The number of rotatable bonds is 4. The SMILES string of the molecule is COC(=O)C1CCN(C(=O)Cc2ccccc2[N+](=O)[O-])C1. The van der Waals surface area contributed by atoms with Gasteiger partial charge in [0.2, 0.25) is 5.91 Å². The van der Waals surface area contributed by atoms with Gasteiger partial charge in [-0.1, -0.05) is 18.2 Å². The number of para-hydroxylation sites is 1. The van der Waals surface area contributed by atoms with Gasteiger partial charge >= 0.3 is 5.97 Å². The summed E-state index contributed by atoms with van der Waals surface area (Å²) in [4.78, 5) is 35.6. The third-order valence-electron chi connectivity index (χ3n) is 3.61. The molecular formula is C14H16N2O5. The fourth-order valence-corrected chi connectivity index (χ4v) is 2.46. The Kier molecular flexibility index (Phi) is 4.52. The van der Waals surface area contributed by atoms with Crippen molar-refractivity contribution in [1.82, 2.24) is 4.90 Å². The Bertz CT molecular complexity index is 572. The number of hydrogen-bond donors (Lipinski definition) is 0. The Hall–Kier alpha value is -2.44. The third-order valence-corrected chi connectivity index (χ3v) is 3.61. The summed E-state index contributed by atoms with van der Waals surface area (Å²) < 4.78 is 4.66. The number of hydrogen-bond acceptors (Lipinski definition) is 5. The van der Waals surface area contributed by atoms with Crippen molar-refractivity contribution in [2.75, 3.05) is 20.2 Å². The van der Waals surface area contributed by atoms with Gasteiger partial charge in [-0.2, -0.15) is 0 Å². The summed E-state index contributed by atoms with van der Waals surface area (Å²) >= 11 is 0. The molecule has 1 aromatic carbocycles. The summed E-state index contributed by atoms with van der Waals surface area (Å²) in [6.45, 7) is 0.783. The van der Waals surface area contributed by atoms with Crippen LogP contribution in [0.5, 0.6) is 0 Å². The molecule has 7 heteroatoms. The number of carbonyl (C=O) groups excluding carboxylic acids is 2. The van der Waals surface area contributed by atoms with Crippen LogP contribution in [-0.4, -0.2) is 41.9 Å². The maximum Gasteiger partial charge on any atom is 0.310 e. The van der Waals surface area contributed by atoms with Crippen LogP contribution < -0.4 is 0 Å². The van der Waals surface area contributed by atoms with Crippen LogP contribution in [0.2, 0.25) is 0 Å². The number of esters is 1. The van der Waals surface area contributed by atoms with Crippen LogP contribution in [0.25, 0.3) is 0 Å². The van der Waals surface area contributed by atoms with E-state index >= 15 is 0 Å². The second-order valence-electron chi connectivity index (χ2n) is 4.91. The lowest BCUT2D eigenvalue weighted by Crippen LogP contribution is -2.31. The molecular weight excluding hydrogens is 276 g/mol. The molecule has 1 aromatic rings. The molecule has 0 spiro atoms. The van der Waals surface area contributed by atoms with Gasteiger partial charge < -0.3 is 9.64 Å². The van der Waals surface area contributed by atoms with Gasteiger partial charge in [-0.3, -0.25) is 19.7 Å². The summed E-state index contributed by atoms with van der Waals surface area (Å²) in [6.07, 6.45) is 0.528. The molecule has 2 rings (SSSR count). The summed E-state index contributed by atoms with van der Waals surface area (Å²) in [5.74, 6) is -0.837. The first-order valence-corrected chi connectivity index (χ1v) is 6.61. The minimum absolute atomic E-state index is 0.0367. The lowest BCUT2D eigenvalue weighted by atomic mass is 10.1. The number of nitro groups is 1. The standard InChI is InChI=1S/C14H16N2O5/c1-21-14(18)11-6-7-15(9-11)13(17)8-10-4-2-3-5-12(10)16(19)20/h2-5,11H,6-9H2,1H3. The van der Waals surface area contributed by atoms with E-state index in [1.54, 1.807) is 23.1 Å². The van der Waals surface area contributed by atoms with Gasteiger partial charge in [-0.15, -0.1) is 0 Å². The van der Waals surface area contributed by atoms with Crippen LogP contribution in [0.3, 0.4) is 0 Å². The van der Waals surface area contributed by atoms with Crippen molar-refractivity contribution >= 4 is 17.6 Å². The monoisotopic (exact) mass is 292 g/mol. The van der Waals surface area contributed by atoms with Gasteiger partial charge in [0, 0.05) is 24.7 Å². The number of amides is 1. The van der Waals surface area contributed by atoms with E-state index in [-0.39, 0.29) is 29.9 Å². The highest BCUT2D eigenvalue weighted by Crippen LogP contribution is 2.22. The highest BCUT2D eigenvalue weighted by Gasteiger charge is 2.32. The smallest absolute Gasteiger partial charge is 0.310 e. The van der Waals surface area contributed by atoms with Crippen molar-refractivity contribution in [2.45, 2.75) is 12.8 Å². The van der Waals surface area contributed by atoms with Gasteiger partial charge in [0.25, 0.3) is 5.69 Å². The second-order valence-corrected chi connectivity index (χ2v) is 4.91. The maximum atomic E-state index is 12.2. The van der Waals surface area contributed by atoms with Crippen molar-refractivity contribution in [2.24, 2.45) is 5.92 Å². The summed E-state index contributed by atoms with van der Waals surface area (Å²) in [5.41, 5.74) is 0.323. The zero-order chi connectivity index (χ0) is 15.4. The van der Waals surface area contributed by atoms with E-state index < -0.39 is 4.92 Å². The number of carbonyl (C=O) groups is 2. The lowest BCUT2D eigenvalue weighted by Gasteiger charge is -2.16. The largest absolute Gasteiger partial charge is 0.469 e. The maximum absolute atomic E-state index is 12.2. The van der Waals surface area contributed by atoms with E-state index in [0.29, 0.717) is 25.1 Å². The van der Waals surface area contributed by atoms with Gasteiger partial charge in [-0.05, 0) is 6.42 Å². The average molecular weight is 292 g/mol. The zero-order valence-electron chi connectivity index (χ0n) is 11.7. The summed E-state index contributed by atoms with van der Waals surface area (Å²) in [5, 5.41) is 10.9. The first-order chi connectivity index (χ1) is 10.0. The molecule has 1 heterocycles. The Morgan fingerprint density at radius 2 is 2.14 bits per heavy atom. The van der Waals surface area contributed by atoms with E-state index in [9.17, 15) is 19.7 Å². The average Bonchev–Trinajstić information content (AvgIpc) is 2.96. The molecule has 112 valence electrons. The predicted molar refractivity (Wildman–Crippen MR) is 73.5 cm³/mol. The normalized spacial score (nSPS) is 17.6. The van der Waals surface area contributed by atoms with Crippen molar-refractivity contribution in [3.8, 4) is 0 Å². The van der Waals surface area contributed by atoms with Crippen LogP contribution in [0.15, 0.2) is 24.3 Å². The number of benzene rings is 1. The highest BCUT2D eigenvalue weighted by molar-refractivity contribution is 5.82. The van der Waals surface area contributed by atoms with Crippen LogP contribution >= 0.6 is 0 Å². The Morgan fingerprint density at radius 3 is 2.81 bits per heavy atom. The Balaban J connectivity index is 2.03. The van der Waals surface area contributed by atoms with Crippen molar-refractivity contribution in [3.63, 3.8) is 0 Å². The van der Waals surface area contributed by atoms with Crippen LogP contribution in [0, 0.1) is 16.0 Å². The molecule has 1 fully saturated rings. The molecule has 1 saturated heterocycles.